The van der Waals surface area contributed by atoms with E-state index in [1.807, 2.05) is 24.3 Å². The van der Waals surface area contributed by atoms with Gasteiger partial charge in [-0.2, -0.15) is 0 Å². The van der Waals surface area contributed by atoms with E-state index in [-0.39, 0.29) is 5.91 Å². The quantitative estimate of drug-likeness (QED) is 0.873. The number of carbonyl (C=O) groups excluding carboxylic acids is 1. The standard InChI is InChI=1S/C14H17NO3/c1-10-9-13(16)15(14(10)17)8-7-11-3-5-12(18-2)6-4-11/h3-6,9,13,16H,7-8H2,1-2H3. The molecule has 2 rings (SSSR count). The third kappa shape index (κ3) is 2.54. The number of ether oxygens (including phenoxy) is 1. The Morgan fingerprint density at radius 3 is 2.50 bits per heavy atom. The molecule has 1 heterocycles. The lowest BCUT2D eigenvalue weighted by Gasteiger charge is -2.20. The number of hydrogen-bond acceptors (Lipinski definition) is 3. The maximum absolute atomic E-state index is 11.7. The maximum atomic E-state index is 11.7. The van der Waals surface area contributed by atoms with Crippen molar-refractivity contribution in [2.75, 3.05) is 13.7 Å². The van der Waals surface area contributed by atoms with Crippen molar-refractivity contribution >= 4 is 5.91 Å². The summed E-state index contributed by atoms with van der Waals surface area (Å²) in [6.45, 7) is 2.24. The van der Waals surface area contributed by atoms with Crippen LogP contribution in [0.1, 0.15) is 12.5 Å². The summed E-state index contributed by atoms with van der Waals surface area (Å²) < 4.78 is 5.08. The zero-order valence-electron chi connectivity index (χ0n) is 10.6. The van der Waals surface area contributed by atoms with Crippen molar-refractivity contribution in [1.82, 2.24) is 4.90 Å². The van der Waals surface area contributed by atoms with Gasteiger partial charge >= 0.3 is 0 Å². The van der Waals surface area contributed by atoms with Gasteiger partial charge in [0.1, 0.15) is 12.0 Å². The molecule has 0 radical (unpaired) electrons. The summed E-state index contributed by atoms with van der Waals surface area (Å²) in [5.41, 5.74) is 1.72. The lowest BCUT2D eigenvalue weighted by atomic mass is 10.1. The molecule has 1 amide bonds. The van der Waals surface area contributed by atoms with Crippen LogP contribution in [-0.2, 0) is 11.2 Å². The first-order valence-corrected chi connectivity index (χ1v) is 5.92. The highest BCUT2D eigenvalue weighted by Crippen LogP contribution is 2.17. The van der Waals surface area contributed by atoms with Crippen LogP contribution in [0.4, 0.5) is 0 Å². The smallest absolute Gasteiger partial charge is 0.251 e. The number of carbonyl (C=O) groups is 1. The molecule has 96 valence electrons. The molecule has 0 spiro atoms. The predicted molar refractivity (Wildman–Crippen MR) is 68.2 cm³/mol. The molecule has 1 aromatic rings. The summed E-state index contributed by atoms with van der Waals surface area (Å²) in [5, 5.41) is 9.70. The summed E-state index contributed by atoms with van der Waals surface area (Å²) in [6, 6.07) is 7.71. The number of benzene rings is 1. The van der Waals surface area contributed by atoms with E-state index in [0.717, 1.165) is 11.3 Å². The highest BCUT2D eigenvalue weighted by atomic mass is 16.5. The number of aliphatic hydroxyl groups excluding tert-OH is 1. The number of hydrogen-bond donors (Lipinski definition) is 1. The minimum atomic E-state index is -0.782. The van der Waals surface area contributed by atoms with E-state index in [0.29, 0.717) is 18.5 Å². The van der Waals surface area contributed by atoms with E-state index in [9.17, 15) is 9.90 Å². The number of aliphatic hydroxyl groups is 1. The largest absolute Gasteiger partial charge is 0.497 e. The fourth-order valence-corrected chi connectivity index (χ4v) is 2.01. The van der Waals surface area contributed by atoms with Crippen molar-refractivity contribution < 1.29 is 14.6 Å². The van der Waals surface area contributed by atoms with Gasteiger partial charge in [-0.1, -0.05) is 12.1 Å². The molecule has 0 fully saturated rings. The third-order valence-electron chi connectivity index (χ3n) is 3.12. The van der Waals surface area contributed by atoms with Crippen LogP contribution in [0.25, 0.3) is 0 Å². The fraction of sp³-hybridized carbons (Fsp3) is 0.357. The van der Waals surface area contributed by atoms with Gasteiger partial charge in [-0.05, 0) is 37.1 Å². The van der Waals surface area contributed by atoms with Crippen LogP contribution in [0.3, 0.4) is 0 Å². The summed E-state index contributed by atoms with van der Waals surface area (Å²) in [5.74, 6) is 0.726. The first-order valence-electron chi connectivity index (χ1n) is 5.92. The zero-order valence-corrected chi connectivity index (χ0v) is 10.6. The van der Waals surface area contributed by atoms with Crippen LogP contribution in [0.5, 0.6) is 5.75 Å². The minimum Gasteiger partial charge on any atom is -0.497 e. The normalized spacial score (nSPS) is 19.1. The Balaban J connectivity index is 1.94. The molecule has 0 aliphatic carbocycles. The molecule has 1 unspecified atom stereocenters. The summed E-state index contributed by atoms with van der Waals surface area (Å²) in [7, 11) is 1.63. The Morgan fingerprint density at radius 2 is 2.00 bits per heavy atom. The van der Waals surface area contributed by atoms with Crippen molar-refractivity contribution in [3.8, 4) is 5.75 Å². The number of nitrogens with zero attached hydrogens (tertiary/aromatic N) is 1. The average molecular weight is 247 g/mol. The Hall–Kier alpha value is -1.81. The molecular weight excluding hydrogens is 230 g/mol. The summed E-state index contributed by atoms with van der Waals surface area (Å²) in [4.78, 5) is 13.2. The van der Waals surface area contributed by atoms with E-state index in [1.54, 1.807) is 20.1 Å². The first kappa shape index (κ1) is 12.6. The van der Waals surface area contributed by atoms with Crippen LogP contribution >= 0.6 is 0 Å². The summed E-state index contributed by atoms with van der Waals surface area (Å²) >= 11 is 0. The molecular formula is C14H17NO3. The highest BCUT2D eigenvalue weighted by molar-refractivity contribution is 5.95. The Kier molecular flexibility index (Phi) is 3.67. The minimum absolute atomic E-state index is 0.0870. The number of rotatable bonds is 4. The van der Waals surface area contributed by atoms with E-state index >= 15 is 0 Å². The van der Waals surface area contributed by atoms with Crippen molar-refractivity contribution in [3.05, 3.63) is 41.5 Å². The van der Waals surface area contributed by atoms with Crippen LogP contribution in [-0.4, -0.2) is 35.8 Å². The third-order valence-corrected chi connectivity index (χ3v) is 3.12. The second-order valence-electron chi connectivity index (χ2n) is 4.36. The van der Waals surface area contributed by atoms with Crippen molar-refractivity contribution in [3.63, 3.8) is 0 Å². The SMILES string of the molecule is COc1ccc(CCN2C(=O)C(C)=CC2O)cc1. The second-order valence-corrected chi connectivity index (χ2v) is 4.36. The topological polar surface area (TPSA) is 49.8 Å². The van der Waals surface area contributed by atoms with E-state index in [2.05, 4.69) is 0 Å². The van der Waals surface area contributed by atoms with Gasteiger partial charge in [-0.3, -0.25) is 4.79 Å². The van der Waals surface area contributed by atoms with E-state index < -0.39 is 6.23 Å². The Morgan fingerprint density at radius 1 is 1.33 bits per heavy atom. The van der Waals surface area contributed by atoms with Gasteiger partial charge in [0.2, 0.25) is 0 Å². The van der Waals surface area contributed by atoms with Gasteiger partial charge in [-0.15, -0.1) is 0 Å². The zero-order chi connectivity index (χ0) is 13.1. The Labute approximate surface area is 106 Å². The van der Waals surface area contributed by atoms with Gasteiger partial charge in [0, 0.05) is 12.1 Å². The number of methoxy groups -OCH3 is 1. The van der Waals surface area contributed by atoms with Gasteiger partial charge in [-0.25, -0.2) is 0 Å². The molecule has 1 aliphatic heterocycles. The maximum Gasteiger partial charge on any atom is 0.251 e. The Bertz CT molecular complexity index is 464. The predicted octanol–water partition coefficient (Wildman–Crippen LogP) is 1.34. The van der Waals surface area contributed by atoms with Crippen molar-refractivity contribution in [2.45, 2.75) is 19.6 Å². The van der Waals surface area contributed by atoms with Crippen LogP contribution in [0.2, 0.25) is 0 Å². The van der Waals surface area contributed by atoms with E-state index in [1.165, 1.54) is 4.90 Å². The lowest BCUT2D eigenvalue weighted by molar-refractivity contribution is -0.131. The molecule has 0 saturated carbocycles. The lowest BCUT2D eigenvalue weighted by Crippen LogP contribution is -2.35. The molecule has 0 saturated heterocycles. The van der Waals surface area contributed by atoms with Crippen LogP contribution in [0, 0.1) is 0 Å². The van der Waals surface area contributed by atoms with Crippen molar-refractivity contribution in [1.29, 1.82) is 0 Å². The van der Waals surface area contributed by atoms with Crippen molar-refractivity contribution in [2.24, 2.45) is 0 Å². The molecule has 0 aromatic heterocycles. The monoisotopic (exact) mass is 247 g/mol. The molecule has 18 heavy (non-hydrogen) atoms. The molecule has 1 aliphatic rings. The van der Waals surface area contributed by atoms with Gasteiger partial charge < -0.3 is 14.7 Å². The summed E-state index contributed by atoms with van der Waals surface area (Å²) in [6.07, 6.45) is 1.51. The second kappa shape index (κ2) is 5.23. The molecule has 4 heteroatoms. The van der Waals surface area contributed by atoms with Gasteiger partial charge in [0.25, 0.3) is 5.91 Å². The van der Waals surface area contributed by atoms with Gasteiger partial charge in [0.15, 0.2) is 0 Å². The molecule has 1 aromatic carbocycles. The van der Waals surface area contributed by atoms with Crippen LogP contribution in [0.15, 0.2) is 35.9 Å². The van der Waals surface area contributed by atoms with Gasteiger partial charge in [0.05, 0.1) is 7.11 Å². The van der Waals surface area contributed by atoms with E-state index in [4.69, 9.17) is 4.74 Å². The first-order chi connectivity index (χ1) is 8.61. The van der Waals surface area contributed by atoms with Crippen LogP contribution < -0.4 is 4.74 Å². The molecule has 4 nitrogen and oxygen atoms in total. The number of amides is 1. The molecule has 1 atom stereocenters. The fourth-order valence-electron chi connectivity index (χ4n) is 2.01. The molecule has 1 N–H and O–H groups in total. The average Bonchev–Trinajstić information content (AvgIpc) is 2.62. The highest BCUT2D eigenvalue weighted by Gasteiger charge is 2.27. The molecule has 0 bridgehead atoms.